The predicted molar refractivity (Wildman–Crippen MR) is 148 cm³/mol. The number of anilines is 1. The fraction of sp³-hybridized carbons (Fsp3) is 0.667. The van der Waals surface area contributed by atoms with Crippen LogP contribution >= 0.6 is 11.6 Å². The number of benzene rings is 1. The minimum absolute atomic E-state index is 0.00405. The summed E-state index contributed by atoms with van der Waals surface area (Å²) in [7, 11) is 2.99. The van der Waals surface area contributed by atoms with Crippen LogP contribution in [0.3, 0.4) is 0 Å². The lowest BCUT2D eigenvalue weighted by molar-refractivity contribution is -0.137. The van der Waals surface area contributed by atoms with E-state index in [0.717, 1.165) is 69.7 Å². The summed E-state index contributed by atoms with van der Waals surface area (Å²) in [5.41, 5.74) is 2.27. The molecular weight excluding hydrogens is 488 g/mol. The molecule has 7 heteroatoms. The van der Waals surface area contributed by atoms with Gasteiger partial charge in [0.2, 0.25) is 5.91 Å². The number of ether oxygens (including phenoxy) is 2. The van der Waals surface area contributed by atoms with E-state index >= 15 is 0 Å². The van der Waals surface area contributed by atoms with E-state index < -0.39 is 5.41 Å². The van der Waals surface area contributed by atoms with Crippen LogP contribution in [0, 0.1) is 11.8 Å². The SMILES string of the molecule is CC[C@H]1CN2CC[C@]3(C(=O)N(CCCCCCCCCl)c4ccccc43)C2C[C@@H]1/C(=C\OC)C(=O)OC. The van der Waals surface area contributed by atoms with Gasteiger partial charge >= 0.3 is 5.97 Å². The van der Waals surface area contributed by atoms with Crippen molar-refractivity contribution >= 4 is 29.2 Å². The van der Waals surface area contributed by atoms with Crippen molar-refractivity contribution in [1.29, 1.82) is 0 Å². The number of fused-ring (bicyclic) bond motifs is 4. The van der Waals surface area contributed by atoms with Crippen molar-refractivity contribution in [1.82, 2.24) is 4.90 Å². The first-order valence-electron chi connectivity index (χ1n) is 14.1. The molecule has 0 N–H and O–H groups in total. The zero-order chi connectivity index (χ0) is 26.4. The summed E-state index contributed by atoms with van der Waals surface area (Å²) in [5.74, 6) is 0.954. The van der Waals surface area contributed by atoms with E-state index in [-0.39, 0.29) is 23.8 Å². The topological polar surface area (TPSA) is 59.1 Å². The zero-order valence-electron chi connectivity index (χ0n) is 22.7. The molecule has 2 fully saturated rings. The van der Waals surface area contributed by atoms with E-state index in [0.29, 0.717) is 11.5 Å². The zero-order valence-corrected chi connectivity index (χ0v) is 23.5. The molecule has 1 aromatic rings. The number of amides is 1. The molecule has 0 saturated carbocycles. The summed E-state index contributed by atoms with van der Waals surface area (Å²) in [6.45, 7) is 4.73. The summed E-state index contributed by atoms with van der Waals surface area (Å²) >= 11 is 5.80. The minimum atomic E-state index is -0.553. The molecule has 1 spiro atoms. The van der Waals surface area contributed by atoms with Crippen LogP contribution in [0.25, 0.3) is 0 Å². The van der Waals surface area contributed by atoms with Crippen molar-refractivity contribution in [2.45, 2.75) is 76.2 Å². The number of esters is 1. The number of alkyl halides is 1. The molecule has 37 heavy (non-hydrogen) atoms. The van der Waals surface area contributed by atoms with E-state index in [1.54, 1.807) is 13.4 Å². The number of carbonyl (C=O) groups excluding carboxylic acids is 2. The Morgan fingerprint density at radius 1 is 1.14 bits per heavy atom. The van der Waals surface area contributed by atoms with Gasteiger partial charge in [-0.05, 0) is 55.7 Å². The Hall–Kier alpha value is -2.05. The van der Waals surface area contributed by atoms with Crippen molar-refractivity contribution in [2.75, 3.05) is 44.6 Å². The quantitative estimate of drug-likeness (QED) is 0.114. The van der Waals surface area contributed by atoms with Gasteiger partial charge in [-0.15, -0.1) is 11.6 Å². The van der Waals surface area contributed by atoms with Gasteiger partial charge in [-0.2, -0.15) is 0 Å². The second-order valence-corrected chi connectivity index (χ2v) is 11.2. The van der Waals surface area contributed by atoms with Gasteiger partial charge in [0, 0.05) is 30.7 Å². The van der Waals surface area contributed by atoms with Gasteiger partial charge in [-0.1, -0.05) is 57.2 Å². The number of unbranched alkanes of at least 4 members (excludes halogenated alkanes) is 5. The highest BCUT2D eigenvalue weighted by Crippen LogP contribution is 2.55. The van der Waals surface area contributed by atoms with Gasteiger partial charge in [0.1, 0.15) is 0 Å². The maximum absolute atomic E-state index is 14.3. The Morgan fingerprint density at radius 3 is 2.57 bits per heavy atom. The number of para-hydroxylation sites is 1. The maximum atomic E-state index is 14.3. The average Bonchev–Trinajstić information content (AvgIpc) is 3.41. The number of hydrogen-bond donors (Lipinski definition) is 0. The normalized spacial score (nSPS) is 27.5. The van der Waals surface area contributed by atoms with E-state index in [1.165, 1.54) is 31.9 Å². The largest absolute Gasteiger partial charge is 0.504 e. The van der Waals surface area contributed by atoms with Crippen LogP contribution in [0.1, 0.15) is 70.3 Å². The summed E-state index contributed by atoms with van der Waals surface area (Å²) in [6.07, 6.45) is 10.9. The number of hydrogen-bond acceptors (Lipinski definition) is 5. The van der Waals surface area contributed by atoms with Gasteiger partial charge in [0.05, 0.1) is 31.5 Å². The molecule has 3 aliphatic rings. The van der Waals surface area contributed by atoms with Crippen molar-refractivity contribution in [3.8, 4) is 0 Å². The molecule has 1 aromatic carbocycles. The van der Waals surface area contributed by atoms with Crippen molar-refractivity contribution < 1.29 is 19.1 Å². The highest BCUT2D eigenvalue weighted by Gasteiger charge is 2.62. The van der Waals surface area contributed by atoms with Crippen LogP contribution in [-0.4, -0.2) is 62.6 Å². The van der Waals surface area contributed by atoms with Gasteiger partial charge in [-0.3, -0.25) is 9.69 Å². The predicted octanol–water partition coefficient (Wildman–Crippen LogP) is 5.67. The Labute approximate surface area is 227 Å². The lowest BCUT2D eigenvalue weighted by atomic mass is 9.67. The lowest BCUT2D eigenvalue weighted by Crippen LogP contribution is -2.55. The average molecular weight is 531 g/mol. The number of rotatable bonds is 12. The number of methoxy groups -OCH3 is 2. The number of halogens is 1. The molecule has 0 radical (unpaired) electrons. The van der Waals surface area contributed by atoms with E-state index in [2.05, 4.69) is 34.9 Å². The Kier molecular flexibility index (Phi) is 9.57. The molecule has 0 aliphatic carbocycles. The first-order chi connectivity index (χ1) is 18.0. The van der Waals surface area contributed by atoms with Crippen LogP contribution in [0.5, 0.6) is 0 Å². The fourth-order valence-electron chi connectivity index (χ4n) is 7.12. The van der Waals surface area contributed by atoms with Crippen LogP contribution in [-0.2, 0) is 24.5 Å². The third kappa shape index (κ3) is 5.29. The van der Waals surface area contributed by atoms with Gasteiger partial charge in [-0.25, -0.2) is 4.79 Å². The molecular formula is C30H43ClN2O4. The maximum Gasteiger partial charge on any atom is 0.337 e. The molecule has 1 unspecified atom stereocenters. The van der Waals surface area contributed by atoms with Crippen molar-refractivity contribution in [3.05, 3.63) is 41.7 Å². The molecule has 0 aromatic heterocycles. The first kappa shape index (κ1) is 28.0. The summed E-state index contributed by atoms with van der Waals surface area (Å²) in [5, 5.41) is 0. The minimum Gasteiger partial charge on any atom is -0.504 e. The molecule has 3 heterocycles. The van der Waals surface area contributed by atoms with Crippen LogP contribution in [0.4, 0.5) is 5.69 Å². The number of carbonyl (C=O) groups is 2. The molecule has 4 rings (SSSR count). The Bertz CT molecular complexity index is 982. The summed E-state index contributed by atoms with van der Waals surface area (Å²) < 4.78 is 10.5. The monoisotopic (exact) mass is 530 g/mol. The van der Waals surface area contributed by atoms with Crippen LogP contribution in [0.2, 0.25) is 0 Å². The van der Waals surface area contributed by atoms with E-state index in [9.17, 15) is 9.59 Å². The van der Waals surface area contributed by atoms with Gasteiger partial charge in [0.15, 0.2) is 0 Å². The molecule has 204 valence electrons. The molecule has 6 nitrogen and oxygen atoms in total. The number of piperidine rings is 1. The molecule has 4 atom stereocenters. The fourth-order valence-corrected chi connectivity index (χ4v) is 7.31. The third-order valence-electron chi connectivity index (χ3n) is 8.98. The van der Waals surface area contributed by atoms with Gasteiger partial charge in [0.25, 0.3) is 0 Å². The summed E-state index contributed by atoms with van der Waals surface area (Å²) in [6, 6.07) is 8.45. The first-order valence-corrected chi connectivity index (χ1v) is 14.6. The van der Waals surface area contributed by atoms with Crippen molar-refractivity contribution in [2.24, 2.45) is 11.8 Å². The van der Waals surface area contributed by atoms with Gasteiger partial charge < -0.3 is 14.4 Å². The lowest BCUT2D eigenvalue weighted by Gasteiger charge is -2.45. The third-order valence-corrected chi connectivity index (χ3v) is 9.24. The van der Waals surface area contributed by atoms with Crippen molar-refractivity contribution in [3.63, 3.8) is 0 Å². The van der Waals surface area contributed by atoms with Crippen LogP contribution < -0.4 is 4.90 Å². The molecule has 1 amide bonds. The molecule has 3 aliphatic heterocycles. The smallest absolute Gasteiger partial charge is 0.337 e. The van der Waals surface area contributed by atoms with E-state index in [4.69, 9.17) is 21.1 Å². The number of nitrogens with zero attached hydrogens (tertiary/aromatic N) is 2. The second-order valence-electron chi connectivity index (χ2n) is 10.8. The van der Waals surface area contributed by atoms with Crippen LogP contribution in [0.15, 0.2) is 36.1 Å². The second kappa shape index (κ2) is 12.7. The standard InChI is InChI=1S/C30H43ClN2O4/c1-4-22-20-32-18-15-30(27(32)19-23(22)24(21-36-2)28(34)37-3)25-13-9-10-14-26(25)33(29(30)35)17-12-8-6-5-7-11-16-31/h9-10,13-14,21-23,27H,4-8,11-12,15-20H2,1-3H3/b24-21+/t22-,23-,27?,30+/m0/s1. The highest BCUT2D eigenvalue weighted by atomic mass is 35.5. The molecule has 0 bridgehead atoms. The Morgan fingerprint density at radius 2 is 1.86 bits per heavy atom. The highest BCUT2D eigenvalue weighted by molar-refractivity contribution is 6.17. The molecule has 2 saturated heterocycles. The summed E-state index contributed by atoms with van der Waals surface area (Å²) in [4.78, 5) is 31.7. The van der Waals surface area contributed by atoms with E-state index in [1.807, 2.05) is 6.07 Å². The Balaban J connectivity index is 1.58.